The molecule has 1 aromatic carbocycles. The van der Waals surface area contributed by atoms with E-state index in [0.717, 1.165) is 10.9 Å². The third-order valence-corrected chi connectivity index (χ3v) is 1.33. The molecule has 1 aromatic heterocycles. The van der Waals surface area contributed by atoms with Crippen LogP contribution in [-0.4, -0.2) is 9.97 Å². The first kappa shape index (κ1) is 8.28. The van der Waals surface area contributed by atoms with Gasteiger partial charge >= 0.3 is 0 Å². The minimum atomic E-state index is 0. The second-order valence-corrected chi connectivity index (χ2v) is 2.00. The van der Waals surface area contributed by atoms with Crippen LogP contribution in [0.4, 0.5) is 0 Å². The van der Waals surface area contributed by atoms with E-state index < -0.39 is 0 Å². The molecular formula is C8H5N2Rh-. The van der Waals surface area contributed by atoms with Crippen LogP contribution >= 0.6 is 0 Å². The quantitative estimate of drug-likeness (QED) is 0.507. The number of fused-ring (bicyclic) bond motifs is 1. The summed E-state index contributed by atoms with van der Waals surface area (Å²) in [5, 5.41) is 1.03. The Morgan fingerprint density at radius 3 is 3.09 bits per heavy atom. The van der Waals surface area contributed by atoms with Crippen LogP contribution in [0.1, 0.15) is 0 Å². The largest absolute Gasteiger partial charge is 0.263 e. The van der Waals surface area contributed by atoms with Crippen LogP contribution in [0.15, 0.2) is 30.7 Å². The van der Waals surface area contributed by atoms with E-state index in [1.165, 1.54) is 6.33 Å². The van der Waals surface area contributed by atoms with Gasteiger partial charge in [0.25, 0.3) is 0 Å². The Balaban J connectivity index is 0.000000605. The topological polar surface area (TPSA) is 25.8 Å². The molecule has 0 saturated heterocycles. The molecule has 0 aliphatic rings. The molecule has 1 radical (unpaired) electrons. The fourth-order valence-corrected chi connectivity index (χ4v) is 0.862. The number of benzene rings is 1. The molecule has 0 aliphatic heterocycles. The van der Waals surface area contributed by atoms with Gasteiger partial charge in [0.2, 0.25) is 0 Å². The summed E-state index contributed by atoms with van der Waals surface area (Å²) < 4.78 is 0. The van der Waals surface area contributed by atoms with Crippen molar-refractivity contribution in [3.63, 3.8) is 0 Å². The monoisotopic (exact) mass is 232 g/mol. The van der Waals surface area contributed by atoms with Crippen molar-refractivity contribution < 1.29 is 19.5 Å². The Hall–Kier alpha value is -0.817. The summed E-state index contributed by atoms with van der Waals surface area (Å²) >= 11 is 0. The van der Waals surface area contributed by atoms with Crippen LogP contribution in [0.2, 0.25) is 0 Å². The average Bonchev–Trinajstić information content (AvgIpc) is 2.05. The molecular weight excluding hydrogens is 227 g/mol. The standard InChI is InChI=1S/C8H5N2.Rh/c1-2-4-8-7(3-1)5-9-6-10-8;/h1-3,5-6H;/q-1;. The summed E-state index contributed by atoms with van der Waals surface area (Å²) in [5.41, 5.74) is 0.873. The third kappa shape index (κ3) is 1.60. The average molecular weight is 232 g/mol. The van der Waals surface area contributed by atoms with Gasteiger partial charge in [-0.05, 0) is 11.7 Å². The van der Waals surface area contributed by atoms with Gasteiger partial charge in [0.1, 0.15) is 6.33 Å². The Kier molecular flexibility index (Phi) is 2.66. The first-order valence-electron chi connectivity index (χ1n) is 3.03. The molecule has 0 unspecified atom stereocenters. The van der Waals surface area contributed by atoms with E-state index in [9.17, 15) is 0 Å². The predicted molar refractivity (Wildman–Crippen MR) is 38.4 cm³/mol. The van der Waals surface area contributed by atoms with Crippen molar-refractivity contribution >= 4 is 10.9 Å². The molecule has 0 spiro atoms. The summed E-state index contributed by atoms with van der Waals surface area (Å²) in [4.78, 5) is 7.90. The van der Waals surface area contributed by atoms with E-state index in [0.29, 0.717) is 0 Å². The Morgan fingerprint density at radius 1 is 1.36 bits per heavy atom. The predicted octanol–water partition coefficient (Wildman–Crippen LogP) is 1.43. The van der Waals surface area contributed by atoms with Crippen molar-refractivity contribution in [1.82, 2.24) is 9.97 Å². The zero-order valence-electron chi connectivity index (χ0n) is 5.61. The molecule has 0 amide bonds. The Morgan fingerprint density at radius 2 is 2.27 bits per heavy atom. The van der Waals surface area contributed by atoms with Crippen LogP contribution in [0.5, 0.6) is 0 Å². The number of aromatic nitrogens is 2. The molecule has 0 atom stereocenters. The fourth-order valence-electron chi connectivity index (χ4n) is 0.862. The summed E-state index contributed by atoms with van der Waals surface area (Å²) in [6.07, 6.45) is 3.30. The minimum absolute atomic E-state index is 0. The van der Waals surface area contributed by atoms with Crippen molar-refractivity contribution in [3.8, 4) is 0 Å². The molecule has 0 N–H and O–H groups in total. The maximum Gasteiger partial charge on any atom is 0.112 e. The molecule has 3 heteroatoms. The van der Waals surface area contributed by atoms with Crippen LogP contribution < -0.4 is 0 Å². The minimum Gasteiger partial charge on any atom is -0.263 e. The molecule has 0 bridgehead atoms. The number of para-hydroxylation sites is 1. The third-order valence-electron chi connectivity index (χ3n) is 1.33. The van der Waals surface area contributed by atoms with Gasteiger partial charge in [-0.25, -0.2) is 0 Å². The molecule has 57 valence electrons. The van der Waals surface area contributed by atoms with Crippen LogP contribution in [0.3, 0.4) is 0 Å². The first-order valence-corrected chi connectivity index (χ1v) is 3.03. The Labute approximate surface area is 77.4 Å². The fraction of sp³-hybridized carbons (Fsp3) is 0. The van der Waals surface area contributed by atoms with Gasteiger partial charge < -0.3 is 0 Å². The Bertz CT molecular complexity index is 283. The van der Waals surface area contributed by atoms with Gasteiger partial charge in [0.15, 0.2) is 0 Å². The second kappa shape index (κ2) is 3.54. The molecule has 0 fully saturated rings. The zero-order chi connectivity index (χ0) is 6.81. The van der Waals surface area contributed by atoms with Crippen molar-refractivity contribution in [2.75, 3.05) is 0 Å². The van der Waals surface area contributed by atoms with Gasteiger partial charge in [0, 0.05) is 19.5 Å². The van der Waals surface area contributed by atoms with Gasteiger partial charge in [-0.2, -0.15) is 24.3 Å². The molecule has 2 nitrogen and oxygen atoms in total. The molecule has 2 aromatic rings. The van der Waals surface area contributed by atoms with E-state index >= 15 is 0 Å². The van der Waals surface area contributed by atoms with Crippen LogP contribution in [0, 0.1) is 6.07 Å². The number of hydrogen-bond donors (Lipinski definition) is 0. The van der Waals surface area contributed by atoms with Crippen molar-refractivity contribution in [2.45, 2.75) is 0 Å². The maximum absolute atomic E-state index is 4.01. The normalized spacial score (nSPS) is 9.09. The molecule has 1 heterocycles. The van der Waals surface area contributed by atoms with E-state index in [4.69, 9.17) is 0 Å². The second-order valence-electron chi connectivity index (χ2n) is 2.00. The number of rotatable bonds is 0. The van der Waals surface area contributed by atoms with E-state index in [2.05, 4.69) is 16.0 Å². The summed E-state index contributed by atoms with van der Waals surface area (Å²) in [5.74, 6) is 0. The van der Waals surface area contributed by atoms with E-state index in [1.54, 1.807) is 6.20 Å². The SMILES string of the molecule is [Rh].[c-]1cccc2cncnc12. The molecule has 2 rings (SSSR count). The number of nitrogens with zero attached hydrogens (tertiary/aromatic N) is 2. The van der Waals surface area contributed by atoms with Crippen molar-refractivity contribution in [2.24, 2.45) is 0 Å². The molecule has 11 heavy (non-hydrogen) atoms. The summed E-state index contributed by atoms with van der Waals surface area (Å²) in [7, 11) is 0. The van der Waals surface area contributed by atoms with Crippen molar-refractivity contribution in [3.05, 3.63) is 36.8 Å². The first-order chi connectivity index (χ1) is 4.97. The summed E-state index contributed by atoms with van der Waals surface area (Å²) in [6, 6.07) is 8.73. The van der Waals surface area contributed by atoms with Crippen LogP contribution in [0.25, 0.3) is 10.9 Å². The van der Waals surface area contributed by atoms with Gasteiger partial charge in [-0.3, -0.25) is 9.97 Å². The van der Waals surface area contributed by atoms with Gasteiger partial charge in [0.05, 0.1) is 0 Å². The molecule has 0 aliphatic carbocycles. The van der Waals surface area contributed by atoms with E-state index in [-0.39, 0.29) is 19.5 Å². The smallest absolute Gasteiger partial charge is 0.112 e. The maximum atomic E-state index is 4.01. The van der Waals surface area contributed by atoms with Gasteiger partial charge in [-0.15, -0.1) is 0 Å². The summed E-state index contributed by atoms with van der Waals surface area (Å²) in [6.45, 7) is 0. The van der Waals surface area contributed by atoms with Crippen molar-refractivity contribution in [1.29, 1.82) is 0 Å². The van der Waals surface area contributed by atoms with Gasteiger partial charge in [-0.1, -0.05) is 5.39 Å². The zero-order valence-corrected chi connectivity index (χ0v) is 7.25. The molecule has 0 saturated carbocycles. The van der Waals surface area contributed by atoms with E-state index in [1.807, 2.05) is 18.2 Å². The number of hydrogen-bond acceptors (Lipinski definition) is 2. The van der Waals surface area contributed by atoms with Crippen LogP contribution in [-0.2, 0) is 19.5 Å².